The Balaban J connectivity index is 1.33. The van der Waals surface area contributed by atoms with Gasteiger partial charge in [0.15, 0.2) is 0 Å². The fourth-order valence-corrected chi connectivity index (χ4v) is 3.38. The Morgan fingerprint density at radius 3 is 2.57 bits per heavy atom. The molecule has 0 radical (unpaired) electrons. The molecule has 1 saturated heterocycles. The number of halogens is 1. The van der Waals surface area contributed by atoms with Crippen LogP contribution < -0.4 is 25.0 Å². The summed E-state index contributed by atoms with van der Waals surface area (Å²) in [5.74, 6) is 1.55. The lowest BCUT2D eigenvalue weighted by atomic mass is 10.0. The number of anilines is 1. The molecule has 1 heterocycles. The summed E-state index contributed by atoms with van der Waals surface area (Å²) >= 11 is 5.91. The molecule has 1 fully saturated rings. The Kier molecular flexibility index (Phi) is 7.25. The van der Waals surface area contributed by atoms with Gasteiger partial charge in [-0.2, -0.15) is 0 Å². The van der Waals surface area contributed by atoms with Gasteiger partial charge in [-0.1, -0.05) is 17.7 Å². The van der Waals surface area contributed by atoms with E-state index in [1.54, 1.807) is 19.2 Å². The number of rotatable bonds is 7. The van der Waals surface area contributed by atoms with E-state index in [9.17, 15) is 4.79 Å². The minimum absolute atomic E-state index is 0.155. The minimum Gasteiger partial charge on any atom is -0.497 e. The highest BCUT2D eigenvalue weighted by Crippen LogP contribution is 2.22. The van der Waals surface area contributed by atoms with E-state index in [2.05, 4.69) is 27.7 Å². The SMILES string of the molecule is COc1ccc(N2CCC(NC(=O)NCCOc3cccc(Cl)c3)CC2)cc1. The first-order valence-electron chi connectivity index (χ1n) is 9.46. The number of piperidine rings is 1. The van der Waals surface area contributed by atoms with Crippen LogP contribution in [-0.2, 0) is 0 Å². The summed E-state index contributed by atoms with van der Waals surface area (Å²) in [7, 11) is 1.67. The second-order valence-electron chi connectivity index (χ2n) is 6.67. The number of ether oxygens (including phenoxy) is 2. The zero-order valence-electron chi connectivity index (χ0n) is 16.0. The predicted octanol–water partition coefficient (Wildman–Crippen LogP) is 3.70. The molecule has 2 amide bonds. The van der Waals surface area contributed by atoms with Gasteiger partial charge in [0.2, 0.25) is 0 Å². The van der Waals surface area contributed by atoms with Crippen LogP contribution in [0.3, 0.4) is 0 Å². The van der Waals surface area contributed by atoms with Crippen LogP contribution in [0.1, 0.15) is 12.8 Å². The first-order valence-corrected chi connectivity index (χ1v) is 9.83. The van der Waals surface area contributed by atoms with Crippen molar-refractivity contribution in [1.29, 1.82) is 0 Å². The fourth-order valence-electron chi connectivity index (χ4n) is 3.20. The van der Waals surface area contributed by atoms with Crippen molar-refractivity contribution in [3.05, 3.63) is 53.6 Å². The van der Waals surface area contributed by atoms with Crippen LogP contribution in [0.25, 0.3) is 0 Å². The van der Waals surface area contributed by atoms with E-state index in [4.69, 9.17) is 21.1 Å². The molecule has 150 valence electrons. The van der Waals surface area contributed by atoms with Crippen molar-refractivity contribution in [2.24, 2.45) is 0 Å². The molecular formula is C21H26ClN3O3. The maximum absolute atomic E-state index is 12.1. The van der Waals surface area contributed by atoms with Crippen molar-refractivity contribution >= 4 is 23.3 Å². The van der Waals surface area contributed by atoms with Crippen LogP contribution in [0.5, 0.6) is 11.5 Å². The maximum Gasteiger partial charge on any atom is 0.315 e. The molecule has 0 saturated carbocycles. The lowest BCUT2D eigenvalue weighted by Gasteiger charge is -2.34. The molecule has 0 aliphatic carbocycles. The normalized spacial score (nSPS) is 14.4. The van der Waals surface area contributed by atoms with Crippen molar-refractivity contribution in [3.63, 3.8) is 0 Å². The van der Waals surface area contributed by atoms with Crippen molar-refractivity contribution in [2.75, 3.05) is 38.3 Å². The zero-order valence-corrected chi connectivity index (χ0v) is 16.7. The number of benzene rings is 2. The Bertz CT molecular complexity index is 762. The van der Waals surface area contributed by atoms with E-state index in [1.807, 2.05) is 24.3 Å². The van der Waals surface area contributed by atoms with Crippen molar-refractivity contribution in [3.8, 4) is 11.5 Å². The summed E-state index contributed by atoms with van der Waals surface area (Å²) in [4.78, 5) is 14.4. The molecule has 7 heteroatoms. The molecule has 28 heavy (non-hydrogen) atoms. The van der Waals surface area contributed by atoms with E-state index in [0.29, 0.717) is 23.9 Å². The molecule has 2 aromatic carbocycles. The van der Waals surface area contributed by atoms with Crippen LogP contribution in [0, 0.1) is 0 Å². The lowest BCUT2D eigenvalue weighted by Crippen LogP contribution is -2.48. The third kappa shape index (κ3) is 5.96. The highest BCUT2D eigenvalue weighted by molar-refractivity contribution is 6.30. The summed E-state index contributed by atoms with van der Waals surface area (Å²) in [5, 5.41) is 6.51. The van der Waals surface area contributed by atoms with Gasteiger partial charge in [0.1, 0.15) is 18.1 Å². The van der Waals surface area contributed by atoms with Crippen LogP contribution >= 0.6 is 11.6 Å². The van der Waals surface area contributed by atoms with Crippen LogP contribution in [0.2, 0.25) is 5.02 Å². The van der Waals surface area contributed by atoms with Crippen LogP contribution in [0.15, 0.2) is 48.5 Å². The quantitative estimate of drug-likeness (QED) is 0.692. The molecule has 3 rings (SSSR count). The molecule has 6 nitrogen and oxygen atoms in total. The first-order chi connectivity index (χ1) is 13.6. The number of methoxy groups -OCH3 is 1. The van der Waals surface area contributed by atoms with E-state index >= 15 is 0 Å². The molecule has 0 unspecified atom stereocenters. The molecule has 1 aliphatic heterocycles. The van der Waals surface area contributed by atoms with Gasteiger partial charge in [0, 0.05) is 29.8 Å². The number of hydrogen-bond acceptors (Lipinski definition) is 4. The second kappa shape index (κ2) is 10.1. The summed E-state index contributed by atoms with van der Waals surface area (Å²) in [6, 6.07) is 15.3. The highest BCUT2D eigenvalue weighted by atomic mass is 35.5. The predicted molar refractivity (Wildman–Crippen MR) is 112 cm³/mol. The Morgan fingerprint density at radius 1 is 1.14 bits per heavy atom. The molecule has 0 aromatic heterocycles. The standard InChI is InChI=1S/C21H26ClN3O3/c1-27-19-7-5-18(6-8-19)25-12-9-17(10-13-25)24-21(26)23-11-14-28-20-4-2-3-16(22)15-20/h2-8,15,17H,9-14H2,1H3,(H2,23,24,26). The number of amides is 2. The van der Waals surface area contributed by atoms with Gasteiger partial charge in [-0.15, -0.1) is 0 Å². The van der Waals surface area contributed by atoms with Crippen molar-refractivity contribution in [2.45, 2.75) is 18.9 Å². The third-order valence-electron chi connectivity index (χ3n) is 4.72. The highest BCUT2D eigenvalue weighted by Gasteiger charge is 2.20. The van der Waals surface area contributed by atoms with Gasteiger partial charge in [-0.05, 0) is 55.3 Å². The molecule has 2 N–H and O–H groups in total. The first kappa shape index (κ1) is 20.1. The Morgan fingerprint density at radius 2 is 1.89 bits per heavy atom. The number of carbonyl (C=O) groups is 1. The Labute approximate surface area is 170 Å². The molecule has 1 aliphatic rings. The lowest BCUT2D eigenvalue weighted by molar-refractivity contribution is 0.230. The van der Waals surface area contributed by atoms with Crippen molar-refractivity contribution in [1.82, 2.24) is 10.6 Å². The summed E-state index contributed by atoms with van der Waals surface area (Å²) in [6.07, 6.45) is 1.83. The summed E-state index contributed by atoms with van der Waals surface area (Å²) in [6.45, 7) is 2.65. The van der Waals surface area contributed by atoms with E-state index in [1.165, 1.54) is 5.69 Å². The zero-order chi connectivity index (χ0) is 19.8. The van der Waals surface area contributed by atoms with Gasteiger partial charge in [-0.3, -0.25) is 0 Å². The van der Waals surface area contributed by atoms with Gasteiger partial charge >= 0.3 is 6.03 Å². The average Bonchev–Trinajstić information content (AvgIpc) is 2.72. The topological polar surface area (TPSA) is 62.8 Å². The Hall–Kier alpha value is -2.60. The molecule has 0 atom stereocenters. The smallest absolute Gasteiger partial charge is 0.315 e. The van der Waals surface area contributed by atoms with Crippen molar-refractivity contribution < 1.29 is 14.3 Å². The van der Waals surface area contributed by atoms with Gasteiger partial charge in [0.05, 0.1) is 13.7 Å². The van der Waals surface area contributed by atoms with Gasteiger partial charge in [0.25, 0.3) is 0 Å². The number of nitrogens with zero attached hydrogens (tertiary/aromatic N) is 1. The average molecular weight is 404 g/mol. The fraction of sp³-hybridized carbons (Fsp3) is 0.381. The number of carbonyl (C=O) groups excluding carboxylic acids is 1. The minimum atomic E-state index is -0.155. The van der Waals surface area contributed by atoms with Crippen LogP contribution in [0.4, 0.5) is 10.5 Å². The monoisotopic (exact) mass is 403 g/mol. The largest absolute Gasteiger partial charge is 0.497 e. The van der Waals surface area contributed by atoms with Crippen LogP contribution in [-0.4, -0.2) is 45.4 Å². The van der Waals surface area contributed by atoms with E-state index in [0.717, 1.165) is 31.7 Å². The summed E-state index contributed by atoms with van der Waals surface area (Å²) in [5.41, 5.74) is 1.18. The van der Waals surface area contributed by atoms with E-state index in [-0.39, 0.29) is 12.1 Å². The number of urea groups is 1. The number of nitrogens with one attached hydrogen (secondary N) is 2. The third-order valence-corrected chi connectivity index (χ3v) is 4.96. The molecular weight excluding hydrogens is 378 g/mol. The number of hydrogen-bond donors (Lipinski definition) is 2. The molecule has 0 spiro atoms. The maximum atomic E-state index is 12.1. The second-order valence-corrected chi connectivity index (χ2v) is 7.10. The van der Waals surface area contributed by atoms with Gasteiger partial charge in [-0.25, -0.2) is 4.79 Å². The molecule has 0 bridgehead atoms. The van der Waals surface area contributed by atoms with Gasteiger partial charge < -0.3 is 25.0 Å². The van der Waals surface area contributed by atoms with E-state index < -0.39 is 0 Å². The molecule has 2 aromatic rings. The summed E-state index contributed by atoms with van der Waals surface area (Å²) < 4.78 is 10.8.